The number of benzene rings is 2. The Morgan fingerprint density at radius 3 is 2.49 bits per heavy atom. The average Bonchev–Trinajstić information content (AvgIpc) is 3.32. The minimum atomic E-state index is -0.316. The van der Waals surface area contributed by atoms with Gasteiger partial charge in [0.1, 0.15) is 6.54 Å². The van der Waals surface area contributed by atoms with E-state index < -0.39 is 0 Å². The molecule has 0 atom stereocenters. The van der Waals surface area contributed by atoms with Gasteiger partial charge in [-0.2, -0.15) is 0 Å². The predicted molar refractivity (Wildman–Crippen MR) is 143 cm³/mol. The fourth-order valence-electron chi connectivity index (χ4n) is 4.15. The molecule has 1 aromatic heterocycles. The molecule has 2 aliphatic rings. The number of ether oxygens (including phenoxy) is 1. The number of nitrogens with zero attached hydrogens (tertiary/aromatic N) is 3. The van der Waals surface area contributed by atoms with Crippen LogP contribution in [0.4, 0.5) is 4.79 Å². The number of amides is 3. The second-order valence-electron chi connectivity index (χ2n) is 8.26. The van der Waals surface area contributed by atoms with Gasteiger partial charge in [-0.05, 0) is 53.7 Å². The first-order chi connectivity index (χ1) is 16.9. The number of thioether (sulfide) groups is 1. The van der Waals surface area contributed by atoms with Gasteiger partial charge in [0.15, 0.2) is 0 Å². The number of imide groups is 1. The highest BCUT2D eigenvalue weighted by molar-refractivity contribution is 9.10. The maximum absolute atomic E-state index is 13.1. The molecule has 3 heterocycles. The third kappa shape index (κ3) is 5.25. The van der Waals surface area contributed by atoms with Crippen LogP contribution < -0.4 is 0 Å². The number of rotatable bonds is 5. The topological polar surface area (TPSA) is 71.9 Å². The van der Waals surface area contributed by atoms with E-state index in [1.807, 2.05) is 53.2 Å². The van der Waals surface area contributed by atoms with E-state index in [-0.39, 0.29) is 30.1 Å². The van der Waals surface area contributed by atoms with Crippen molar-refractivity contribution in [1.82, 2.24) is 14.4 Å². The fraction of sp³-hybridized carbons (Fsp3) is 0.240. The second-order valence-corrected chi connectivity index (χ2v) is 11.1. The lowest BCUT2D eigenvalue weighted by Crippen LogP contribution is -2.42. The van der Waals surface area contributed by atoms with Crippen LogP contribution in [0.15, 0.2) is 62.5 Å². The summed E-state index contributed by atoms with van der Waals surface area (Å²) in [5.41, 5.74) is 2.54. The van der Waals surface area contributed by atoms with E-state index in [9.17, 15) is 14.4 Å². The average molecular weight is 619 g/mol. The number of carbonyl (C=O) groups is 3. The van der Waals surface area contributed by atoms with Gasteiger partial charge < -0.3 is 14.2 Å². The third-order valence-electron chi connectivity index (χ3n) is 5.96. The zero-order valence-electron chi connectivity index (χ0n) is 18.6. The number of hydrogen-bond acceptors (Lipinski definition) is 5. The smallest absolute Gasteiger partial charge is 0.293 e. The molecule has 0 unspecified atom stereocenters. The fourth-order valence-corrected chi connectivity index (χ4v) is 5.61. The molecule has 2 fully saturated rings. The third-order valence-corrected chi connectivity index (χ3v) is 7.89. The molecule has 2 saturated heterocycles. The molecule has 2 aliphatic heterocycles. The standard InChI is InChI=1S/C25H21Br2N3O4S/c26-18-3-1-16(2-4-18)13-30-24(32)22(35-25(30)33)11-17-14-29(21-6-5-19(27)12-20(17)21)15-23(31)28-7-9-34-10-8-28/h1-6,11-12,14H,7-10,13,15H2/b22-11-. The molecule has 7 nitrogen and oxygen atoms in total. The van der Waals surface area contributed by atoms with Crippen LogP contribution in [0, 0.1) is 0 Å². The molecular formula is C25H21Br2N3O4S. The maximum Gasteiger partial charge on any atom is 0.293 e. The van der Waals surface area contributed by atoms with E-state index >= 15 is 0 Å². The summed E-state index contributed by atoms with van der Waals surface area (Å²) in [4.78, 5) is 42.1. The minimum Gasteiger partial charge on any atom is -0.378 e. The highest BCUT2D eigenvalue weighted by Crippen LogP contribution is 2.35. The molecule has 3 amide bonds. The SMILES string of the molecule is O=C(Cn1cc(/C=C2\SC(=O)N(Cc3ccc(Br)cc3)C2=O)c2cc(Br)ccc21)N1CCOCC1. The normalized spacial score (nSPS) is 17.7. The Labute approximate surface area is 223 Å². The highest BCUT2D eigenvalue weighted by Gasteiger charge is 2.35. The zero-order valence-corrected chi connectivity index (χ0v) is 22.6. The summed E-state index contributed by atoms with van der Waals surface area (Å²) in [5.74, 6) is -0.294. The van der Waals surface area contributed by atoms with E-state index in [0.29, 0.717) is 31.2 Å². The lowest BCUT2D eigenvalue weighted by atomic mass is 10.1. The molecule has 0 bridgehead atoms. The molecule has 0 saturated carbocycles. The Balaban J connectivity index is 1.43. The van der Waals surface area contributed by atoms with Crippen molar-refractivity contribution in [3.63, 3.8) is 0 Å². The lowest BCUT2D eigenvalue weighted by molar-refractivity contribution is -0.135. The van der Waals surface area contributed by atoms with Crippen molar-refractivity contribution in [3.8, 4) is 0 Å². The summed E-state index contributed by atoms with van der Waals surface area (Å²) in [6, 6.07) is 13.4. The minimum absolute atomic E-state index is 0.0227. The van der Waals surface area contributed by atoms with Gasteiger partial charge in [-0.25, -0.2) is 0 Å². The van der Waals surface area contributed by atoms with E-state index in [1.165, 1.54) is 4.90 Å². The zero-order chi connectivity index (χ0) is 24.5. The molecule has 3 aromatic rings. The van der Waals surface area contributed by atoms with E-state index in [4.69, 9.17) is 4.74 Å². The summed E-state index contributed by atoms with van der Waals surface area (Å²) in [6.45, 7) is 2.68. The Morgan fingerprint density at radius 1 is 1.03 bits per heavy atom. The van der Waals surface area contributed by atoms with Gasteiger partial charge in [-0.15, -0.1) is 0 Å². The molecule has 10 heteroatoms. The maximum atomic E-state index is 13.1. The number of carbonyl (C=O) groups excluding carboxylic acids is 3. The van der Waals surface area contributed by atoms with Crippen molar-refractivity contribution < 1.29 is 19.1 Å². The van der Waals surface area contributed by atoms with Gasteiger partial charge in [-0.1, -0.05) is 44.0 Å². The Morgan fingerprint density at radius 2 is 1.74 bits per heavy atom. The summed E-state index contributed by atoms with van der Waals surface area (Å²) < 4.78 is 9.08. The second kappa shape index (κ2) is 10.3. The molecule has 0 aliphatic carbocycles. The summed E-state index contributed by atoms with van der Waals surface area (Å²) in [7, 11) is 0. The van der Waals surface area contributed by atoms with Crippen LogP contribution in [0.3, 0.4) is 0 Å². The summed E-state index contributed by atoms with van der Waals surface area (Å²) in [5, 5.41) is 0.602. The van der Waals surface area contributed by atoms with Crippen LogP contribution in [-0.2, 0) is 27.4 Å². The number of aromatic nitrogens is 1. The van der Waals surface area contributed by atoms with E-state index in [2.05, 4.69) is 31.9 Å². The van der Waals surface area contributed by atoms with E-state index in [1.54, 1.807) is 11.0 Å². The number of fused-ring (bicyclic) bond motifs is 1. The Kier molecular flexibility index (Phi) is 7.15. The molecule has 0 radical (unpaired) electrons. The van der Waals surface area contributed by atoms with Crippen LogP contribution in [0.25, 0.3) is 17.0 Å². The van der Waals surface area contributed by atoms with Crippen molar-refractivity contribution in [3.05, 3.63) is 73.6 Å². The van der Waals surface area contributed by atoms with Crippen molar-refractivity contribution in [2.45, 2.75) is 13.1 Å². The lowest BCUT2D eigenvalue weighted by Gasteiger charge is -2.27. The van der Waals surface area contributed by atoms with Gasteiger partial charge in [0.25, 0.3) is 11.1 Å². The number of morpholine rings is 1. The van der Waals surface area contributed by atoms with Gasteiger partial charge in [-0.3, -0.25) is 19.3 Å². The molecule has 35 heavy (non-hydrogen) atoms. The first kappa shape index (κ1) is 24.3. The molecule has 180 valence electrons. The predicted octanol–water partition coefficient (Wildman–Crippen LogP) is 5.26. The first-order valence-electron chi connectivity index (χ1n) is 11.0. The van der Waals surface area contributed by atoms with Crippen LogP contribution >= 0.6 is 43.6 Å². The molecule has 0 N–H and O–H groups in total. The summed E-state index contributed by atoms with van der Waals surface area (Å²) >= 11 is 7.85. The molecule has 2 aromatic carbocycles. The van der Waals surface area contributed by atoms with Gasteiger partial charge >= 0.3 is 0 Å². The Hall–Kier alpha value is -2.40. The van der Waals surface area contributed by atoms with Gasteiger partial charge in [0.05, 0.1) is 24.7 Å². The Bertz CT molecular complexity index is 1350. The van der Waals surface area contributed by atoms with Gasteiger partial charge in [0.2, 0.25) is 5.91 Å². The largest absolute Gasteiger partial charge is 0.378 e. The monoisotopic (exact) mass is 617 g/mol. The van der Waals surface area contributed by atoms with Crippen LogP contribution in [0.1, 0.15) is 11.1 Å². The highest BCUT2D eigenvalue weighted by atomic mass is 79.9. The number of halogens is 2. The molecule has 5 rings (SSSR count). The molecule has 0 spiro atoms. The summed E-state index contributed by atoms with van der Waals surface area (Å²) in [6.07, 6.45) is 3.62. The molecular weight excluding hydrogens is 598 g/mol. The van der Waals surface area contributed by atoms with Crippen LogP contribution in [-0.4, -0.2) is 57.7 Å². The first-order valence-corrected chi connectivity index (χ1v) is 13.4. The van der Waals surface area contributed by atoms with Crippen LogP contribution in [0.5, 0.6) is 0 Å². The number of hydrogen-bond donors (Lipinski definition) is 0. The van der Waals surface area contributed by atoms with Crippen molar-refractivity contribution >= 4 is 77.7 Å². The van der Waals surface area contributed by atoms with Crippen molar-refractivity contribution in [2.24, 2.45) is 0 Å². The van der Waals surface area contributed by atoms with Crippen molar-refractivity contribution in [1.29, 1.82) is 0 Å². The van der Waals surface area contributed by atoms with Gasteiger partial charge in [0, 0.05) is 44.7 Å². The quantitative estimate of drug-likeness (QED) is 0.365. The van der Waals surface area contributed by atoms with E-state index in [0.717, 1.165) is 42.7 Å². The van der Waals surface area contributed by atoms with Crippen molar-refractivity contribution in [2.75, 3.05) is 26.3 Å². The van der Waals surface area contributed by atoms with Crippen LogP contribution in [0.2, 0.25) is 0 Å².